The minimum atomic E-state index is -0.237. The van der Waals surface area contributed by atoms with Crippen molar-refractivity contribution in [1.29, 1.82) is 0 Å². The number of furan rings is 1. The van der Waals surface area contributed by atoms with Gasteiger partial charge in [-0.15, -0.1) is 0 Å². The van der Waals surface area contributed by atoms with Crippen molar-refractivity contribution in [2.24, 2.45) is 0 Å². The minimum Gasteiger partial charge on any atom is -0.465 e. The van der Waals surface area contributed by atoms with Gasteiger partial charge < -0.3 is 4.42 Å². The Morgan fingerprint density at radius 2 is 2.30 bits per heavy atom. The number of thiazole rings is 1. The lowest BCUT2D eigenvalue weighted by Gasteiger charge is -1.94. The van der Waals surface area contributed by atoms with Crippen LogP contribution in [0.2, 0.25) is 0 Å². The third-order valence-corrected chi connectivity index (χ3v) is 3.95. The molecule has 0 bridgehead atoms. The Kier molecular flexibility index (Phi) is 3.66. The Balaban J connectivity index is 1.74. The maximum Gasteiger partial charge on any atom is 0.250 e. The summed E-state index contributed by atoms with van der Waals surface area (Å²) in [7, 11) is 0. The number of nitrogens with one attached hydrogen (secondary N) is 1. The number of fused-ring (bicyclic) bond motifs is 1. The fraction of sp³-hybridized carbons (Fsp3) is 0. The van der Waals surface area contributed by atoms with E-state index in [1.807, 2.05) is 18.2 Å². The zero-order chi connectivity index (χ0) is 13.9. The topological polar surface area (TPSA) is 55.1 Å². The number of carbonyl (C=O) groups is 1. The summed E-state index contributed by atoms with van der Waals surface area (Å²) in [6, 6.07) is 9.35. The van der Waals surface area contributed by atoms with E-state index in [0.717, 1.165) is 14.7 Å². The highest BCUT2D eigenvalue weighted by atomic mass is 79.9. The fourth-order valence-electron chi connectivity index (χ4n) is 1.64. The van der Waals surface area contributed by atoms with Gasteiger partial charge in [0.1, 0.15) is 5.76 Å². The van der Waals surface area contributed by atoms with E-state index in [1.165, 1.54) is 17.4 Å². The first-order chi connectivity index (χ1) is 9.70. The Labute approximate surface area is 127 Å². The van der Waals surface area contributed by atoms with Gasteiger partial charge in [-0.05, 0) is 36.4 Å². The van der Waals surface area contributed by atoms with Gasteiger partial charge in [-0.25, -0.2) is 4.98 Å². The predicted octanol–water partition coefficient (Wildman–Crippen LogP) is 4.30. The molecule has 0 aliphatic carbocycles. The molecule has 100 valence electrons. The zero-order valence-corrected chi connectivity index (χ0v) is 12.6. The van der Waals surface area contributed by atoms with Gasteiger partial charge in [-0.2, -0.15) is 0 Å². The number of carbonyl (C=O) groups excluding carboxylic acids is 1. The van der Waals surface area contributed by atoms with E-state index in [1.54, 1.807) is 24.5 Å². The Hall–Kier alpha value is -1.92. The molecule has 6 heteroatoms. The molecule has 0 aliphatic rings. The molecule has 0 saturated heterocycles. The lowest BCUT2D eigenvalue weighted by molar-refractivity contribution is -0.111. The summed E-state index contributed by atoms with van der Waals surface area (Å²) in [4.78, 5) is 16.1. The van der Waals surface area contributed by atoms with Crippen LogP contribution in [0.3, 0.4) is 0 Å². The highest BCUT2D eigenvalue weighted by Crippen LogP contribution is 2.28. The molecule has 0 radical (unpaired) electrons. The van der Waals surface area contributed by atoms with Crippen LogP contribution < -0.4 is 5.32 Å². The van der Waals surface area contributed by atoms with Crippen LogP contribution in [0, 0.1) is 0 Å². The van der Waals surface area contributed by atoms with Crippen molar-refractivity contribution in [2.75, 3.05) is 5.32 Å². The second-order valence-electron chi connectivity index (χ2n) is 3.97. The van der Waals surface area contributed by atoms with Gasteiger partial charge in [0.15, 0.2) is 5.13 Å². The summed E-state index contributed by atoms with van der Waals surface area (Å²) in [6.07, 6.45) is 4.59. The molecular weight excluding hydrogens is 340 g/mol. The monoisotopic (exact) mass is 348 g/mol. The lowest BCUT2D eigenvalue weighted by atomic mass is 10.3. The average molecular weight is 349 g/mol. The number of halogens is 1. The van der Waals surface area contributed by atoms with Crippen molar-refractivity contribution in [1.82, 2.24) is 4.98 Å². The van der Waals surface area contributed by atoms with Crippen molar-refractivity contribution in [2.45, 2.75) is 0 Å². The molecule has 0 saturated carbocycles. The lowest BCUT2D eigenvalue weighted by Crippen LogP contribution is -2.07. The summed E-state index contributed by atoms with van der Waals surface area (Å²) in [5.74, 6) is 0.396. The number of amides is 1. The molecule has 0 aliphatic heterocycles. The second kappa shape index (κ2) is 5.60. The quantitative estimate of drug-likeness (QED) is 0.717. The molecule has 20 heavy (non-hydrogen) atoms. The van der Waals surface area contributed by atoms with Gasteiger partial charge in [0.2, 0.25) is 5.91 Å². The zero-order valence-electron chi connectivity index (χ0n) is 10.2. The summed E-state index contributed by atoms with van der Waals surface area (Å²) in [5.41, 5.74) is 0.864. The molecule has 3 rings (SSSR count). The molecule has 0 unspecified atom stereocenters. The summed E-state index contributed by atoms with van der Waals surface area (Å²) in [6.45, 7) is 0. The molecule has 0 spiro atoms. The van der Waals surface area contributed by atoms with E-state index in [4.69, 9.17) is 4.42 Å². The van der Waals surface area contributed by atoms with E-state index < -0.39 is 0 Å². The van der Waals surface area contributed by atoms with Crippen molar-refractivity contribution in [3.8, 4) is 0 Å². The molecule has 0 atom stereocenters. The van der Waals surface area contributed by atoms with Crippen LogP contribution in [0.15, 0.2) is 51.6 Å². The minimum absolute atomic E-state index is 0.237. The normalized spacial score (nSPS) is 11.2. The van der Waals surface area contributed by atoms with Crippen LogP contribution in [-0.2, 0) is 4.79 Å². The van der Waals surface area contributed by atoms with E-state index in [9.17, 15) is 4.79 Å². The van der Waals surface area contributed by atoms with Crippen LogP contribution in [0.25, 0.3) is 16.3 Å². The van der Waals surface area contributed by atoms with Crippen LogP contribution in [0.4, 0.5) is 5.13 Å². The van der Waals surface area contributed by atoms with E-state index in [-0.39, 0.29) is 5.91 Å². The van der Waals surface area contributed by atoms with Crippen molar-refractivity contribution in [3.05, 3.63) is 52.9 Å². The SMILES string of the molecule is O=C(/C=C/c1ccco1)Nc1nc2ccc(Br)cc2s1. The number of benzene rings is 1. The van der Waals surface area contributed by atoms with Gasteiger partial charge >= 0.3 is 0 Å². The first-order valence-electron chi connectivity index (χ1n) is 5.79. The molecule has 2 aromatic heterocycles. The average Bonchev–Trinajstić information content (AvgIpc) is 3.04. The first-order valence-corrected chi connectivity index (χ1v) is 7.40. The van der Waals surface area contributed by atoms with Crippen molar-refractivity contribution < 1.29 is 9.21 Å². The smallest absolute Gasteiger partial charge is 0.250 e. The molecule has 4 nitrogen and oxygen atoms in total. The Morgan fingerprint density at radius 3 is 3.10 bits per heavy atom. The van der Waals surface area contributed by atoms with Gasteiger partial charge in [0, 0.05) is 10.5 Å². The fourth-order valence-corrected chi connectivity index (χ4v) is 3.06. The van der Waals surface area contributed by atoms with Crippen LogP contribution >= 0.6 is 27.3 Å². The third kappa shape index (κ3) is 2.97. The number of anilines is 1. The molecule has 0 fully saturated rings. The van der Waals surface area contributed by atoms with Gasteiger partial charge in [0.05, 0.1) is 16.5 Å². The Morgan fingerprint density at radius 1 is 1.40 bits per heavy atom. The largest absolute Gasteiger partial charge is 0.465 e. The van der Waals surface area contributed by atoms with E-state index in [0.29, 0.717) is 10.9 Å². The molecular formula is C14H9BrN2O2S. The maximum atomic E-state index is 11.8. The van der Waals surface area contributed by atoms with Gasteiger partial charge in [-0.1, -0.05) is 27.3 Å². The number of nitrogens with zero attached hydrogens (tertiary/aromatic N) is 1. The summed E-state index contributed by atoms with van der Waals surface area (Å²) >= 11 is 4.84. The van der Waals surface area contributed by atoms with Crippen molar-refractivity contribution in [3.63, 3.8) is 0 Å². The van der Waals surface area contributed by atoms with Crippen LogP contribution in [0.1, 0.15) is 5.76 Å². The molecule has 3 aromatic rings. The number of aromatic nitrogens is 1. The van der Waals surface area contributed by atoms with Crippen LogP contribution in [-0.4, -0.2) is 10.9 Å². The third-order valence-electron chi connectivity index (χ3n) is 2.52. The first kappa shape index (κ1) is 13.1. The highest BCUT2D eigenvalue weighted by Gasteiger charge is 2.06. The summed E-state index contributed by atoms with van der Waals surface area (Å²) < 4.78 is 7.12. The number of hydrogen-bond donors (Lipinski definition) is 1. The molecule has 1 aromatic carbocycles. The second-order valence-corrected chi connectivity index (χ2v) is 5.92. The van der Waals surface area contributed by atoms with Gasteiger partial charge in [0.25, 0.3) is 0 Å². The predicted molar refractivity (Wildman–Crippen MR) is 83.7 cm³/mol. The number of rotatable bonds is 3. The van der Waals surface area contributed by atoms with Gasteiger partial charge in [-0.3, -0.25) is 10.1 Å². The highest BCUT2D eigenvalue weighted by molar-refractivity contribution is 9.10. The van der Waals surface area contributed by atoms with Crippen molar-refractivity contribution >= 4 is 54.6 Å². The standard InChI is InChI=1S/C14H9BrN2O2S/c15-9-3-5-11-12(8-9)20-14(16-11)17-13(18)6-4-10-2-1-7-19-10/h1-8H,(H,16,17,18)/b6-4+. The molecule has 2 heterocycles. The maximum absolute atomic E-state index is 11.8. The molecule has 1 amide bonds. The van der Waals surface area contributed by atoms with Crippen LogP contribution in [0.5, 0.6) is 0 Å². The summed E-state index contributed by atoms with van der Waals surface area (Å²) in [5, 5.41) is 3.31. The van der Waals surface area contributed by atoms with E-state index >= 15 is 0 Å². The number of hydrogen-bond acceptors (Lipinski definition) is 4. The Bertz CT molecular complexity index is 778. The molecule has 1 N–H and O–H groups in total. The van der Waals surface area contributed by atoms with E-state index in [2.05, 4.69) is 26.2 Å².